The molecule has 0 radical (unpaired) electrons. The summed E-state index contributed by atoms with van der Waals surface area (Å²) in [5.41, 5.74) is 0.294. The molecule has 0 aromatic heterocycles. The third-order valence-corrected chi connectivity index (χ3v) is 2.88. The minimum absolute atomic E-state index is 0.00884. The first-order chi connectivity index (χ1) is 8.04. The van der Waals surface area contributed by atoms with Gasteiger partial charge in [-0.2, -0.15) is 0 Å². The van der Waals surface area contributed by atoms with Gasteiger partial charge in [0.2, 0.25) is 0 Å². The van der Waals surface area contributed by atoms with E-state index < -0.39 is 5.82 Å². The zero-order valence-corrected chi connectivity index (χ0v) is 10.9. The second kappa shape index (κ2) is 6.72. The molecule has 1 aromatic rings. The van der Waals surface area contributed by atoms with Crippen LogP contribution in [0.15, 0.2) is 18.2 Å². The van der Waals surface area contributed by atoms with E-state index in [9.17, 15) is 9.18 Å². The average Bonchev–Trinajstić information content (AvgIpc) is 2.24. The van der Waals surface area contributed by atoms with Crippen molar-refractivity contribution in [2.45, 2.75) is 32.7 Å². The van der Waals surface area contributed by atoms with Gasteiger partial charge in [-0.25, -0.2) is 4.39 Å². The van der Waals surface area contributed by atoms with Crippen LogP contribution >= 0.6 is 11.6 Å². The van der Waals surface area contributed by atoms with E-state index in [2.05, 4.69) is 5.32 Å². The fraction of sp³-hybridized carbons (Fsp3) is 0.462. The fourth-order valence-corrected chi connectivity index (χ4v) is 1.96. The summed E-state index contributed by atoms with van der Waals surface area (Å²) < 4.78 is 13.4. The van der Waals surface area contributed by atoms with Crippen LogP contribution in [0.3, 0.4) is 0 Å². The molecule has 0 fully saturated rings. The number of hydrogen-bond acceptors (Lipinski definition) is 2. The van der Waals surface area contributed by atoms with E-state index in [-0.39, 0.29) is 18.2 Å². The number of carbonyl (C=O) groups excluding carboxylic acids is 1. The second-order valence-electron chi connectivity index (χ2n) is 4.08. The molecule has 4 heteroatoms. The Morgan fingerprint density at radius 2 is 2.24 bits per heavy atom. The SMILES string of the molecule is CCNC(C)CC(=O)Cc1c(F)cccc1Cl. The molecule has 94 valence electrons. The van der Waals surface area contributed by atoms with Crippen molar-refractivity contribution in [3.8, 4) is 0 Å². The van der Waals surface area contributed by atoms with E-state index in [0.29, 0.717) is 17.0 Å². The number of halogens is 2. The highest BCUT2D eigenvalue weighted by molar-refractivity contribution is 6.31. The molecule has 1 aromatic carbocycles. The Morgan fingerprint density at radius 3 is 2.82 bits per heavy atom. The number of Topliss-reactive ketones (excluding diaryl/α,β-unsaturated/α-hetero) is 1. The molecule has 0 aliphatic heterocycles. The first-order valence-corrected chi connectivity index (χ1v) is 6.10. The zero-order chi connectivity index (χ0) is 12.8. The largest absolute Gasteiger partial charge is 0.314 e. The summed E-state index contributed by atoms with van der Waals surface area (Å²) >= 11 is 5.86. The number of carbonyl (C=O) groups is 1. The lowest BCUT2D eigenvalue weighted by Gasteiger charge is -2.11. The summed E-state index contributed by atoms with van der Waals surface area (Å²) in [7, 11) is 0. The molecule has 0 saturated heterocycles. The summed E-state index contributed by atoms with van der Waals surface area (Å²) in [4.78, 5) is 11.7. The van der Waals surface area contributed by atoms with Crippen molar-refractivity contribution in [1.29, 1.82) is 0 Å². The van der Waals surface area contributed by atoms with Gasteiger partial charge in [0.1, 0.15) is 11.6 Å². The summed E-state index contributed by atoms with van der Waals surface area (Å²) in [6.45, 7) is 4.73. The number of nitrogens with one attached hydrogen (secondary N) is 1. The lowest BCUT2D eigenvalue weighted by molar-refractivity contribution is -0.118. The highest BCUT2D eigenvalue weighted by atomic mass is 35.5. The number of hydrogen-bond donors (Lipinski definition) is 1. The van der Waals surface area contributed by atoms with Crippen molar-refractivity contribution in [3.05, 3.63) is 34.6 Å². The topological polar surface area (TPSA) is 29.1 Å². The standard InChI is InChI=1S/C13H17ClFNO/c1-3-16-9(2)7-10(17)8-11-12(14)5-4-6-13(11)15/h4-6,9,16H,3,7-8H2,1-2H3. The number of ketones is 1. The van der Waals surface area contributed by atoms with Crippen LogP contribution in [0.4, 0.5) is 4.39 Å². The van der Waals surface area contributed by atoms with Gasteiger partial charge in [0.05, 0.1) is 0 Å². The molecule has 2 nitrogen and oxygen atoms in total. The van der Waals surface area contributed by atoms with Crippen molar-refractivity contribution in [3.63, 3.8) is 0 Å². The highest BCUT2D eigenvalue weighted by Crippen LogP contribution is 2.20. The minimum atomic E-state index is -0.415. The second-order valence-corrected chi connectivity index (χ2v) is 4.49. The van der Waals surface area contributed by atoms with Gasteiger partial charge in [0, 0.05) is 29.5 Å². The van der Waals surface area contributed by atoms with Gasteiger partial charge < -0.3 is 5.32 Å². The van der Waals surface area contributed by atoms with Gasteiger partial charge in [-0.05, 0) is 25.6 Å². The van der Waals surface area contributed by atoms with Crippen LogP contribution in [-0.2, 0) is 11.2 Å². The van der Waals surface area contributed by atoms with Crippen molar-refractivity contribution in [2.75, 3.05) is 6.54 Å². The fourth-order valence-electron chi connectivity index (χ4n) is 1.73. The van der Waals surface area contributed by atoms with Crippen molar-refractivity contribution < 1.29 is 9.18 Å². The Kier molecular flexibility index (Phi) is 5.59. The molecular weight excluding hydrogens is 241 g/mol. The summed E-state index contributed by atoms with van der Waals surface area (Å²) in [5, 5.41) is 3.46. The molecule has 0 heterocycles. The molecule has 1 N–H and O–H groups in total. The molecule has 1 rings (SSSR count). The average molecular weight is 258 g/mol. The maximum Gasteiger partial charge on any atom is 0.138 e. The molecule has 0 aliphatic carbocycles. The highest BCUT2D eigenvalue weighted by Gasteiger charge is 2.13. The third kappa shape index (κ3) is 4.44. The summed E-state index contributed by atoms with van der Waals surface area (Å²) in [5.74, 6) is -0.424. The van der Waals surface area contributed by atoms with Crippen LogP contribution in [0.1, 0.15) is 25.8 Å². The van der Waals surface area contributed by atoms with Crippen molar-refractivity contribution >= 4 is 17.4 Å². The number of rotatable bonds is 6. The van der Waals surface area contributed by atoms with Crippen LogP contribution in [0.25, 0.3) is 0 Å². The third-order valence-electron chi connectivity index (χ3n) is 2.52. The Balaban J connectivity index is 2.62. The normalized spacial score (nSPS) is 12.5. The molecule has 0 amide bonds. The molecule has 1 unspecified atom stereocenters. The summed E-state index contributed by atoms with van der Waals surface area (Å²) in [6.07, 6.45) is 0.444. The van der Waals surface area contributed by atoms with Gasteiger partial charge in [0.25, 0.3) is 0 Å². The van der Waals surface area contributed by atoms with Crippen LogP contribution in [0.5, 0.6) is 0 Å². The van der Waals surface area contributed by atoms with Crippen LogP contribution < -0.4 is 5.32 Å². The quantitative estimate of drug-likeness (QED) is 0.849. The zero-order valence-electron chi connectivity index (χ0n) is 10.1. The van der Waals surface area contributed by atoms with Gasteiger partial charge in [-0.3, -0.25) is 4.79 Å². The molecule has 0 saturated carbocycles. The van der Waals surface area contributed by atoms with E-state index in [4.69, 9.17) is 11.6 Å². The van der Waals surface area contributed by atoms with Crippen molar-refractivity contribution in [2.24, 2.45) is 0 Å². The Hall–Kier alpha value is -0.930. The predicted octanol–water partition coefficient (Wildman–Crippen LogP) is 2.98. The first-order valence-electron chi connectivity index (χ1n) is 5.72. The Morgan fingerprint density at radius 1 is 1.53 bits per heavy atom. The molecule has 0 spiro atoms. The van der Waals surface area contributed by atoms with Gasteiger partial charge in [0.15, 0.2) is 0 Å². The van der Waals surface area contributed by atoms with Gasteiger partial charge in [-0.1, -0.05) is 24.6 Å². The van der Waals surface area contributed by atoms with Gasteiger partial charge in [-0.15, -0.1) is 0 Å². The Labute approximate surface area is 106 Å². The van der Waals surface area contributed by atoms with E-state index in [1.807, 2.05) is 13.8 Å². The molecule has 0 bridgehead atoms. The molecule has 17 heavy (non-hydrogen) atoms. The Bertz CT molecular complexity index is 375. The van der Waals surface area contributed by atoms with Crippen LogP contribution in [0.2, 0.25) is 5.02 Å². The lowest BCUT2D eigenvalue weighted by atomic mass is 10.0. The monoisotopic (exact) mass is 257 g/mol. The first kappa shape index (κ1) is 14.1. The van der Waals surface area contributed by atoms with E-state index in [1.165, 1.54) is 12.1 Å². The molecule has 1 atom stereocenters. The lowest BCUT2D eigenvalue weighted by Crippen LogP contribution is -2.28. The van der Waals surface area contributed by atoms with E-state index >= 15 is 0 Å². The number of benzene rings is 1. The maximum absolute atomic E-state index is 13.4. The minimum Gasteiger partial charge on any atom is -0.314 e. The van der Waals surface area contributed by atoms with Gasteiger partial charge >= 0.3 is 0 Å². The molecule has 0 aliphatic rings. The van der Waals surface area contributed by atoms with E-state index in [1.54, 1.807) is 6.07 Å². The molecular formula is C13H17ClFNO. The van der Waals surface area contributed by atoms with Crippen LogP contribution in [0, 0.1) is 5.82 Å². The summed E-state index contributed by atoms with van der Waals surface area (Å²) in [6, 6.07) is 4.56. The maximum atomic E-state index is 13.4. The van der Waals surface area contributed by atoms with E-state index in [0.717, 1.165) is 6.54 Å². The van der Waals surface area contributed by atoms with Crippen molar-refractivity contribution in [1.82, 2.24) is 5.32 Å². The smallest absolute Gasteiger partial charge is 0.138 e. The van der Waals surface area contributed by atoms with Crippen LogP contribution in [-0.4, -0.2) is 18.4 Å². The predicted molar refractivity (Wildman–Crippen MR) is 67.9 cm³/mol.